The Balaban J connectivity index is 1.42. The minimum Gasteiger partial charge on any atom is -0.340 e. The molecule has 2 heterocycles. The van der Waals surface area contributed by atoms with E-state index in [0.717, 1.165) is 63.9 Å². The van der Waals surface area contributed by atoms with Crippen LogP contribution in [-0.2, 0) is 4.79 Å². The fourth-order valence-corrected chi connectivity index (χ4v) is 3.46. The Labute approximate surface area is 116 Å². The predicted octanol–water partition coefficient (Wildman–Crippen LogP) is 0.786. The van der Waals surface area contributed by atoms with Crippen molar-refractivity contribution < 1.29 is 4.79 Å². The van der Waals surface area contributed by atoms with Crippen molar-refractivity contribution in [2.45, 2.75) is 26.2 Å². The molecule has 3 rings (SSSR count). The summed E-state index contributed by atoms with van der Waals surface area (Å²) >= 11 is 0. The average molecular weight is 265 g/mol. The lowest BCUT2D eigenvalue weighted by Gasteiger charge is -2.37. The van der Waals surface area contributed by atoms with E-state index in [2.05, 4.69) is 22.0 Å². The van der Waals surface area contributed by atoms with Crippen molar-refractivity contribution in [2.24, 2.45) is 17.8 Å². The highest BCUT2D eigenvalue weighted by molar-refractivity contribution is 5.79. The number of hydrogen-bond donors (Lipinski definition) is 1. The summed E-state index contributed by atoms with van der Waals surface area (Å²) in [5.41, 5.74) is 0. The third kappa shape index (κ3) is 3.29. The van der Waals surface area contributed by atoms with Gasteiger partial charge in [0.2, 0.25) is 5.91 Å². The Kier molecular flexibility index (Phi) is 4.08. The Bertz CT molecular complexity index is 319. The standard InChI is InChI=1S/C15H27N3O/c1-12-10-14(12)11-17-6-8-18(9-7-17)15(19)13-2-4-16-5-3-13/h12-14,16H,2-11H2,1H3/t12?,14-/m1/s1. The molecule has 2 atom stereocenters. The highest BCUT2D eigenvalue weighted by Gasteiger charge is 2.35. The van der Waals surface area contributed by atoms with Crippen LogP contribution in [0.1, 0.15) is 26.2 Å². The number of rotatable bonds is 3. The van der Waals surface area contributed by atoms with Gasteiger partial charge < -0.3 is 10.2 Å². The topological polar surface area (TPSA) is 35.6 Å². The summed E-state index contributed by atoms with van der Waals surface area (Å²) in [6.45, 7) is 9.69. The smallest absolute Gasteiger partial charge is 0.225 e. The Morgan fingerprint density at radius 1 is 1.16 bits per heavy atom. The maximum absolute atomic E-state index is 12.4. The molecular formula is C15H27N3O. The zero-order chi connectivity index (χ0) is 13.2. The summed E-state index contributed by atoms with van der Waals surface area (Å²) < 4.78 is 0. The second-order valence-corrected chi connectivity index (χ2v) is 6.62. The molecule has 3 fully saturated rings. The first-order valence-electron chi connectivity index (χ1n) is 7.96. The van der Waals surface area contributed by atoms with Crippen LogP contribution in [0.15, 0.2) is 0 Å². The quantitative estimate of drug-likeness (QED) is 0.819. The summed E-state index contributed by atoms with van der Waals surface area (Å²) in [5, 5.41) is 3.33. The van der Waals surface area contributed by atoms with Crippen molar-refractivity contribution in [2.75, 3.05) is 45.8 Å². The molecule has 2 saturated heterocycles. The normalized spacial score (nSPS) is 33.4. The first-order valence-corrected chi connectivity index (χ1v) is 7.96. The SMILES string of the molecule is CC1C[C@@H]1CN1CCN(C(=O)C2CCNCC2)CC1. The zero-order valence-electron chi connectivity index (χ0n) is 12.1. The molecule has 108 valence electrons. The van der Waals surface area contributed by atoms with E-state index in [0.29, 0.717) is 5.91 Å². The molecule has 0 bridgehead atoms. The number of nitrogens with zero attached hydrogens (tertiary/aromatic N) is 2. The average Bonchev–Trinajstić information content (AvgIpc) is 3.15. The molecule has 19 heavy (non-hydrogen) atoms. The van der Waals surface area contributed by atoms with E-state index in [-0.39, 0.29) is 5.92 Å². The number of amides is 1. The molecule has 1 aliphatic carbocycles. The van der Waals surface area contributed by atoms with Gasteiger partial charge in [0.15, 0.2) is 0 Å². The Morgan fingerprint density at radius 3 is 2.37 bits per heavy atom. The maximum Gasteiger partial charge on any atom is 0.225 e. The number of carbonyl (C=O) groups is 1. The number of piperidine rings is 1. The fraction of sp³-hybridized carbons (Fsp3) is 0.933. The third-order valence-corrected chi connectivity index (χ3v) is 5.14. The van der Waals surface area contributed by atoms with Crippen LogP contribution in [0.4, 0.5) is 0 Å². The number of carbonyl (C=O) groups excluding carboxylic acids is 1. The van der Waals surface area contributed by atoms with Gasteiger partial charge >= 0.3 is 0 Å². The van der Waals surface area contributed by atoms with Gasteiger partial charge in [-0.1, -0.05) is 6.92 Å². The van der Waals surface area contributed by atoms with E-state index in [4.69, 9.17) is 0 Å². The molecule has 1 saturated carbocycles. The van der Waals surface area contributed by atoms with Gasteiger partial charge in [-0.3, -0.25) is 9.69 Å². The van der Waals surface area contributed by atoms with Crippen LogP contribution in [0.5, 0.6) is 0 Å². The largest absolute Gasteiger partial charge is 0.340 e. The van der Waals surface area contributed by atoms with E-state index < -0.39 is 0 Å². The maximum atomic E-state index is 12.4. The van der Waals surface area contributed by atoms with E-state index in [1.807, 2.05) is 0 Å². The summed E-state index contributed by atoms with van der Waals surface area (Å²) in [6.07, 6.45) is 3.46. The Morgan fingerprint density at radius 2 is 1.79 bits per heavy atom. The second-order valence-electron chi connectivity index (χ2n) is 6.62. The molecule has 2 aliphatic heterocycles. The predicted molar refractivity (Wildman–Crippen MR) is 75.9 cm³/mol. The third-order valence-electron chi connectivity index (χ3n) is 5.14. The Hall–Kier alpha value is -0.610. The minimum atomic E-state index is 0.288. The molecule has 1 amide bonds. The molecule has 0 aromatic carbocycles. The highest BCUT2D eigenvalue weighted by Crippen LogP contribution is 2.38. The highest BCUT2D eigenvalue weighted by atomic mass is 16.2. The van der Waals surface area contributed by atoms with E-state index in [9.17, 15) is 4.79 Å². The van der Waals surface area contributed by atoms with Crippen molar-refractivity contribution in [1.82, 2.24) is 15.1 Å². The molecule has 3 aliphatic rings. The van der Waals surface area contributed by atoms with Gasteiger partial charge in [0, 0.05) is 38.6 Å². The van der Waals surface area contributed by atoms with Crippen LogP contribution < -0.4 is 5.32 Å². The van der Waals surface area contributed by atoms with Crippen molar-refractivity contribution in [3.63, 3.8) is 0 Å². The van der Waals surface area contributed by atoms with E-state index in [1.54, 1.807) is 0 Å². The van der Waals surface area contributed by atoms with Gasteiger partial charge in [-0.05, 0) is 44.2 Å². The van der Waals surface area contributed by atoms with Crippen molar-refractivity contribution in [3.8, 4) is 0 Å². The lowest BCUT2D eigenvalue weighted by molar-refractivity contribution is -0.138. The van der Waals surface area contributed by atoms with Gasteiger partial charge in [-0.25, -0.2) is 0 Å². The van der Waals surface area contributed by atoms with Gasteiger partial charge in [0.1, 0.15) is 0 Å². The minimum absolute atomic E-state index is 0.288. The van der Waals surface area contributed by atoms with Gasteiger partial charge in [0.25, 0.3) is 0 Å². The van der Waals surface area contributed by atoms with Gasteiger partial charge in [-0.2, -0.15) is 0 Å². The molecule has 4 nitrogen and oxygen atoms in total. The summed E-state index contributed by atoms with van der Waals surface area (Å²) in [5.74, 6) is 2.58. The molecule has 1 N–H and O–H groups in total. The van der Waals surface area contributed by atoms with Crippen LogP contribution in [0.3, 0.4) is 0 Å². The first kappa shape index (κ1) is 13.4. The molecule has 0 radical (unpaired) electrons. The zero-order valence-corrected chi connectivity index (χ0v) is 12.1. The monoisotopic (exact) mass is 265 g/mol. The number of piperazine rings is 1. The van der Waals surface area contributed by atoms with Gasteiger partial charge in [-0.15, -0.1) is 0 Å². The van der Waals surface area contributed by atoms with Gasteiger partial charge in [0.05, 0.1) is 0 Å². The lowest BCUT2D eigenvalue weighted by Crippen LogP contribution is -2.51. The molecule has 0 aromatic heterocycles. The van der Waals surface area contributed by atoms with Crippen LogP contribution in [-0.4, -0.2) is 61.5 Å². The van der Waals surface area contributed by atoms with Crippen molar-refractivity contribution >= 4 is 5.91 Å². The second kappa shape index (κ2) is 5.80. The van der Waals surface area contributed by atoms with Crippen molar-refractivity contribution in [3.05, 3.63) is 0 Å². The van der Waals surface area contributed by atoms with E-state index >= 15 is 0 Å². The molecule has 0 aromatic rings. The molecule has 0 spiro atoms. The number of nitrogens with one attached hydrogen (secondary N) is 1. The van der Waals surface area contributed by atoms with Crippen LogP contribution in [0.25, 0.3) is 0 Å². The van der Waals surface area contributed by atoms with Crippen LogP contribution in [0, 0.1) is 17.8 Å². The number of hydrogen-bond acceptors (Lipinski definition) is 3. The van der Waals surface area contributed by atoms with Crippen LogP contribution in [0.2, 0.25) is 0 Å². The lowest BCUT2D eigenvalue weighted by atomic mass is 9.96. The molecular weight excluding hydrogens is 238 g/mol. The summed E-state index contributed by atoms with van der Waals surface area (Å²) in [6, 6.07) is 0. The summed E-state index contributed by atoms with van der Waals surface area (Å²) in [4.78, 5) is 17.1. The van der Waals surface area contributed by atoms with E-state index in [1.165, 1.54) is 13.0 Å². The molecule has 4 heteroatoms. The molecule has 1 unspecified atom stereocenters. The van der Waals surface area contributed by atoms with Crippen LogP contribution >= 0.6 is 0 Å². The summed E-state index contributed by atoms with van der Waals surface area (Å²) in [7, 11) is 0. The fourth-order valence-electron chi connectivity index (χ4n) is 3.46. The van der Waals surface area contributed by atoms with Crippen molar-refractivity contribution in [1.29, 1.82) is 0 Å². The first-order chi connectivity index (χ1) is 9.24.